The van der Waals surface area contributed by atoms with E-state index in [9.17, 15) is 0 Å². The molecule has 0 atom stereocenters. The summed E-state index contributed by atoms with van der Waals surface area (Å²) in [6, 6.07) is 13.6. The number of guanidine groups is 1. The molecule has 0 radical (unpaired) electrons. The van der Waals surface area contributed by atoms with E-state index >= 15 is 0 Å². The fourth-order valence-corrected chi connectivity index (χ4v) is 3.35. The van der Waals surface area contributed by atoms with E-state index in [1.165, 1.54) is 12.8 Å². The number of benzene rings is 2. The van der Waals surface area contributed by atoms with Crippen LogP contribution < -0.4 is 25.3 Å². The minimum atomic E-state index is 0. The number of ether oxygens (including phenoxy) is 3. The Hall–Kier alpha value is -2.16. The second-order valence-electron chi connectivity index (χ2n) is 7.53. The fraction of sp³-hybridized carbons (Fsp3) is 0.435. The van der Waals surface area contributed by atoms with E-state index < -0.39 is 0 Å². The summed E-state index contributed by atoms with van der Waals surface area (Å²) in [5, 5.41) is 3.10. The standard InChI is InChI=1S/C23H31N3O3.HI/c1-16(2)28-20-11-9-18(10-12-20)26-23(24)25-15-17-8-13-21(22(14-17)27-3)29-19-6-4-5-7-19;/h8-14,16,19H,4-7,15H2,1-3H3,(H3,24,25,26);1H. The van der Waals surface area contributed by atoms with Crippen molar-refractivity contribution >= 4 is 35.6 Å². The van der Waals surface area contributed by atoms with Gasteiger partial charge in [-0.3, -0.25) is 0 Å². The van der Waals surface area contributed by atoms with Crippen LogP contribution in [0, 0.1) is 0 Å². The molecule has 0 spiro atoms. The molecule has 30 heavy (non-hydrogen) atoms. The highest BCUT2D eigenvalue weighted by Gasteiger charge is 2.18. The van der Waals surface area contributed by atoms with Crippen LogP contribution in [0.5, 0.6) is 17.2 Å². The third-order valence-corrected chi connectivity index (χ3v) is 4.75. The van der Waals surface area contributed by atoms with Crippen LogP contribution in [0.2, 0.25) is 0 Å². The van der Waals surface area contributed by atoms with Crippen LogP contribution >= 0.6 is 24.0 Å². The van der Waals surface area contributed by atoms with Crippen molar-refractivity contribution in [2.75, 3.05) is 12.4 Å². The van der Waals surface area contributed by atoms with Crippen molar-refractivity contribution in [3.8, 4) is 17.2 Å². The SMILES string of the molecule is COc1cc(CN=C(N)Nc2ccc(OC(C)C)cc2)ccc1OC1CCCC1.I. The molecule has 2 aromatic rings. The number of rotatable bonds is 8. The maximum Gasteiger partial charge on any atom is 0.193 e. The number of hydrogen-bond acceptors (Lipinski definition) is 4. The quantitative estimate of drug-likeness (QED) is 0.276. The molecule has 0 aromatic heterocycles. The van der Waals surface area contributed by atoms with E-state index in [4.69, 9.17) is 19.9 Å². The molecule has 2 aromatic carbocycles. The largest absolute Gasteiger partial charge is 0.493 e. The molecule has 164 valence electrons. The average molecular weight is 525 g/mol. The normalized spacial score (nSPS) is 14.3. The minimum Gasteiger partial charge on any atom is -0.493 e. The zero-order chi connectivity index (χ0) is 20.6. The van der Waals surface area contributed by atoms with Crippen molar-refractivity contribution in [2.45, 2.75) is 58.3 Å². The summed E-state index contributed by atoms with van der Waals surface area (Å²) >= 11 is 0. The van der Waals surface area contributed by atoms with Crippen LogP contribution in [0.3, 0.4) is 0 Å². The Balaban J connectivity index is 0.00000320. The summed E-state index contributed by atoms with van der Waals surface area (Å²) in [6.45, 7) is 4.45. The third kappa shape index (κ3) is 7.27. The lowest BCUT2D eigenvalue weighted by atomic mass is 10.2. The molecule has 1 aliphatic carbocycles. The first-order chi connectivity index (χ1) is 14.0. The molecule has 3 N–H and O–H groups in total. The van der Waals surface area contributed by atoms with E-state index in [1.807, 2.05) is 56.3 Å². The van der Waals surface area contributed by atoms with Gasteiger partial charge < -0.3 is 25.3 Å². The van der Waals surface area contributed by atoms with Gasteiger partial charge in [0.15, 0.2) is 17.5 Å². The van der Waals surface area contributed by atoms with Gasteiger partial charge in [-0.25, -0.2) is 4.99 Å². The van der Waals surface area contributed by atoms with Crippen molar-refractivity contribution in [3.63, 3.8) is 0 Å². The Kier molecular flexibility index (Phi) is 9.55. The predicted molar refractivity (Wildman–Crippen MR) is 132 cm³/mol. The summed E-state index contributed by atoms with van der Waals surface area (Å²) in [7, 11) is 1.66. The Morgan fingerprint density at radius 1 is 1.10 bits per heavy atom. The van der Waals surface area contributed by atoms with Gasteiger partial charge in [-0.15, -0.1) is 24.0 Å². The van der Waals surface area contributed by atoms with Crippen LogP contribution in [0.15, 0.2) is 47.5 Å². The fourth-order valence-electron chi connectivity index (χ4n) is 3.35. The average Bonchev–Trinajstić information content (AvgIpc) is 3.21. The molecule has 1 fully saturated rings. The number of halogens is 1. The van der Waals surface area contributed by atoms with Crippen LogP contribution in [0.4, 0.5) is 5.69 Å². The molecule has 0 heterocycles. The number of anilines is 1. The summed E-state index contributed by atoms with van der Waals surface area (Å²) in [5.74, 6) is 2.71. The molecule has 0 unspecified atom stereocenters. The predicted octanol–water partition coefficient (Wildman–Crippen LogP) is 5.35. The van der Waals surface area contributed by atoms with E-state index in [-0.39, 0.29) is 30.1 Å². The highest BCUT2D eigenvalue weighted by Crippen LogP contribution is 2.32. The van der Waals surface area contributed by atoms with Gasteiger partial charge in [0.1, 0.15) is 5.75 Å². The number of methoxy groups -OCH3 is 1. The van der Waals surface area contributed by atoms with Crippen LogP contribution in [0.1, 0.15) is 45.1 Å². The topological polar surface area (TPSA) is 78.1 Å². The van der Waals surface area contributed by atoms with E-state index in [0.29, 0.717) is 18.6 Å². The van der Waals surface area contributed by atoms with Crippen molar-refractivity contribution in [2.24, 2.45) is 10.7 Å². The molecule has 0 amide bonds. The number of nitrogens with one attached hydrogen (secondary N) is 1. The van der Waals surface area contributed by atoms with Gasteiger partial charge in [0.05, 0.1) is 25.9 Å². The number of hydrogen-bond donors (Lipinski definition) is 2. The Morgan fingerprint density at radius 3 is 2.43 bits per heavy atom. The van der Waals surface area contributed by atoms with Gasteiger partial charge in [0, 0.05) is 5.69 Å². The molecule has 0 bridgehead atoms. The monoisotopic (exact) mass is 525 g/mol. The Labute approximate surface area is 196 Å². The molecular formula is C23H32IN3O3. The zero-order valence-corrected chi connectivity index (χ0v) is 20.2. The van der Waals surface area contributed by atoms with E-state index in [1.54, 1.807) is 7.11 Å². The second-order valence-corrected chi connectivity index (χ2v) is 7.53. The van der Waals surface area contributed by atoms with Crippen molar-refractivity contribution in [1.82, 2.24) is 0 Å². The lowest BCUT2D eigenvalue weighted by Crippen LogP contribution is -2.22. The van der Waals surface area contributed by atoms with Crippen LogP contribution in [-0.2, 0) is 6.54 Å². The summed E-state index contributed by atoms with van der Waals surface area (Å²) < 4.78 is 17.2. The first-order valence-electron chi connectivity index (χ1n) is 10.2. The van der Waals surface area contributed by atoms with Gasteiger partial charge in [0.25, 0.3) is 0 Å². The highest BCUT2D eigenvalue weighted by atomic mass is 127. The van der Waals surface area contributed by atoms with Crippen molar-refractivity contribution < 1.29 is 14.2 Å². The van der Waals surface area contributed by atoms with Gasteiger partial charge in [0.2, 0.25) is 0 Å². The highest BCUT2D eigenvalue weighted by molar-refractivity contribution is 14.0. The molecule has 6 nitrogen and oxygen atoms in total. The molecular weight excluding hydrogens is 493 g/mol. The van der Waals surface area contributed by atoms with Crippen LogP contribution in [-0.4, -0.2) is 25.3 Å². The maximum atomic E-state index is 6.08. The Morgan fingerprint density at radius 2 is 1.80 bits per heavy atom. The van der Waals surface area contributed by atoms with E-state index in [0.717, 1.165) is 41.3 Å². The first-order valence-corrected chi connectivity index (χ1v) is 10.2. The van der Waals surface area contributed by atoms with Crippen LogP contribution in [0.25, 0.3) is 0 Å². The first kappa shape index (κ1) is 24.1. The zero-order valence-electron chi connectivity index (χ0n) is 17.9. The lowest BCUT2D eigenvalue weighted by Gasteiger charge is -2.16. The maximum absolute atomic E-state index is 6.08. The molecule has 0 saturated heterocycles. The molecule has 1 saturated carbocycles. The summed E-state index contributed by atoms with van der Waals surface area (Å²) in [6.07, 6.45) is 5.14. The second kappa shape index (κ2) is 11.9. The molecule has 1 aliphatic rings. The summed E-state index contributed by atoms with van der Waals surface area (Å²) in [4.78, 5) is 4.42. The number of nitrogens with two attached hydrogens (primary N) is 1. The van der Waals surface area contributed by atoms with Gasteiger partial charge in [-0.1, -0.05) is 6.07 Å². The minimum absolute atomic E-state index is 0. The number of nitrogens with zero attached hydrogens (tertiary/aromatic N) is 1. The van der Waals surface area contributed by atoms with Gasteiger partial charge in [-0.05, 0) is 81.5 Å². The van der Waals surface area contributed by atoms with Crippen molar-refractivity contribution in [1.29, 1.82) is 0 Å². The smallest absolute Gasteiger partial charge is 0.193 e. The molecule has 0 aliphatic heterocycles. The Bertz CT molecular complexity index is 819. The number of aliphatic imine (C=N–C) groups is 1. The molecule has 3 rings (SSSR count). The molecule has 7 heteroatoms. The van der Waals surface area contributed by atoms with Crippen molar-refractivity contribution in [3.05, 3.63) is 48.0 Å². The van der Waals surface area contributed by atoms with E-state index in [2.05, 4.69) is 10.3 Å². The third-order valence-electron chi connectivity index (χ3n) is 4.75. The summed E-state index contributed by atoms with van der Waals surface area (Å²) in [5.41, 5.74) is 7.90. The van der Waals surface area contributed by atoms with Gasteiger partial charge >= 0.3 is 0 Å². The lowest BCUT2D eigenvalue weighted by molar-refractivity contribution is 0.200. The van der Waals surface area contributed by atoms with Gasteiger partial charge in [-0.2, -0.15) is 0 Å².